The molecule has 0 unspecified atom stereocenters. The third kappa shape index (κ3) is 2.22. The van der Waals surface area contributed by atoms with E-state index in [1.807, 2.05) is 6.92 Å². The largest absolute Gasteiger partial charge is 0.409 e. The zero-order valence-corrected chi connectivity index (χ0v) is 9.49. The molecule has 88 valence electrons. The second kappa shape index (κ2) is 4.20. The Labute approximate surface area is 97.6 Å². The Morgan fingerprint density at radius 1 is 1.41 bits per heavy atom. The first-order chi connectivity index (χ1) is 8.10. The predicted molar refractivity (Wildman–Crippen MR) is 61.1 cm³/mol. The molecule has 0 aliphatic rings. The molecular formula is C10H12N6O. The summed E-state index contributed by atoms with van der Waals surface area (Å²) in [5, 5.41) is 15.6. The smallest absolute Gasteiger partial charge is 0.251 e. The quantitative estimate of drug-likeness (QED) is 0.337. The molecule has 0 aliphatic carbocycles. The highest BCUT2D eigenvalue weighted by Crippen LogP contribution is 2.06. The molecule has 7 heteroatoms. The van der Waals surface area contributed by atoms with Crippen molar-refractivity contribution in [1.29, 1.82) is 0 Å². The van der Waals surface area contributed by atoms with Crippen LogP contribution in [0.4, 0.5) is 0 Å². The minimum absolute atomic E-state index is 0.0550. The Balaban J connectivity index is 2.52. The molecule has 0 amide bonds. The molecule has 7 nitrogen and oxygen atoms in total. The normalized spacial score (nSPS) is 11.8. The van der Waals surface area contributed by atoms with Crippen molar-refractivity contribution >= 4 is 5.84 Å². The maximum absolute atomic E-state index is 8.62. The Kier molecular flexibility index (Phi) is 2.73. The van der Waals surface area contributed by atoms with E-state index in [0.29, 0.717) is 17.3 Å². The lowest BCUT2D eigenvalue weighted by molar-refractivity contribution is 0.318. The van der Waals surface area contributed by atoms with Crippen molar-refractivity contribution in [2.24, 2.45) is 10.9 Å². The molecule has 2 aromatic heterocycles. The molecule has 2 aromatic rings. The average molecular weight is 232 g/mol. The first kappa shape index (κ1) is 11.1. The monoisotopic (exact) mass is 232 g/mol. The van der Waals surface area contributed by atoms with Gasteiger partial charge in [0.25, 0.3) is 5.95 Å². The minimum atomic E-state index is -0.0550. The third-order valence-corrected chi connectivity index (χ3v) is 2.13. The van der Waals surface area contributed by atoms with E-state index >= 15 is 0 Å². The Morgan fingerprint density at radius 3 is 2.76 bits per heavy atom. The van der Waals surface area contributed by atoms with E-state index in [0.717, 1.165) is 5.56 Å². The van der Waals surface area contributed by atoms with Crippen molar-refractivity contribution in [3.8, 4) is 5.95 Å². The van der Waals surface area contributed by atoms with Crippen LogP contribution in [0.1, 0.15) is 17.0 Å². The van der Waals surface area contributed by atoms with Gasteiger partial charge in [0.15, 0.2) is 5.84 Å². The number of oxime groups is 1. The van der Waals surface area contributed by atoms with Gasteiger partial charge < -0.3 is 10.9 Å². The second-order valence-corrected chi connectivity index (χ2v) is 3.64. The molecule has 0 spiro atoms. The fourth-order valence-electron chi connectivity index (χ4n) is 1.36. The summed E-state index contributed by atoms with van der Waals surface area (Å²) in [5.41, 5.74) is 7.57. The lowest BCUT2D eigenvalue weighted by atomic mass is 10.3. The fourth-order valence-corrected chi connectivity index (χ4v) is 1.36. The number of nitrogens with two attached hydrogens (primary N) is 1. The highest BCUT2D eigenvalue weighted by Gasteiger charge is 2.08. The van der Waals surface area contributed by atoms with Gasteiger partial charge in [-0.15, -0.1) is 0 Å². The number of aryl methyl sites for hydroxylation is 2. The maximum Gasteiger partial charge on any atom is 0.251 e. The SMILES string of the molecule is Cc1cnn(-c2nc(C)cc(/C(N)=N/O)n2)c1. The number of nitrogens with zero attached hydrogens (tertiary/aromatic N) is 5. The van der Waals surface area contributed by atoms with Crippen LogP contribution in [0.25, 0.3) is 5.95 Å². The van der Waals surface area contributed by atoms with Crippen LogP contribution >= 0.6 is 0 Å². The molecule has 0 radical (unpaired) electrons. The molecule has 0 atom stereocenters. The summed E-state index contributed by atoms with van der Waals surface area (Å²) in [6, 6.07) is 1.63. The van der Waals surface area contributed by atoms with E-state index in [1.165, 1.54) is 4.68 Å². The number of amidine groups is 1. The Bertz CT molecular complexity index is 574. The minimum Gasteiger partial charge on any atom is -0.409 e. The number of hydrogen-bond acceptors (Lipinski definition) is 5. The van der Waals surface area contributed by atoms with Crippen LogP contribution in [0.5, 0.6) is 0 Å². The standard InChI is InChI=1S/C10H12N6O/c1-6-4-12-16(5-6)10-13-7(2)3-8(14-10)9(11)15-17/h3-5,17H,1-2H3,(H2,11,15). The van der Waals surface area contributed by atoms with Crippen molar-refractivity contribution < 1.29 is 5.21 Å². The summed E-state index contributed by atoms with van der Waals surface area (Å²) >= 11 is 0. The maximum atomic E-state index is 8.62. The lowest BCUT2D eigenvalue weighted by Crippen LogP contribution is -2.17. The Hall–Kier alpha value is -2.44. The van der Waals surface area contributed by atoms with Crippen molar-refractivity contribution in [3.63, 3.8) is 0 Å². The third-order valence-electron chi connectivity index (χ3n) is 2.13. The van der Waals surface area contributed by atoms with E-state index in [-0.39, 0.29) is 5.84 Å². The van der Waals surface area contributed by atoms with E-state index in [9.17, 15) is 0 Å². The van der Waals surface area contributed by atoms with Gasteiger partial charge in [0.05, 0.1) is 6.20 Å². The molecule has 0 saturated carbocycles. The van der Waals surface area contributed by atoms with Gasteiger partial charge in [0.1, 0.15) is 5.69 Å². The molecule has 0 fully saturated rings. The Morgan fingerprint density at radius 2 is 2.18 bits per heavy atom. The summed E-state index contributed by atoms with van der Waals surface area (Å²) in [6.07, 6.45) is 3.50. The van der Waals surface area contributed by atoms with Crippen molar-refractivity contribution in [1.82, 2.24) is 19.7 Å². The zero-order chi connectivity index (χ0) is 12.4. The number of hydrogen-bond donors (Lipinski definition) is 2. The van der Waals surface area contributed by atoms with Gasteiger partial charge in [-0.25, -0.2) is 14.6 Å². The summed E-state index contributed by atoms with van der Waals surface area (Å²) in [7, 11) is 0. The molecule has 0 aromatic carbocycles. The van der Waals surface area contributed by atoms with E-state index in [4.69, 9.17) is 10.9 Å². The van der Waals surface area contributed by atoms with Crippen LogP contribution in [0, 0.1) is 13.8 Å². The van der Waals surface area contributed by atoms with E-state index in [1.54, 1.807) is 25.4 Å². The molecule has 2 heterocycles. The van der Waals surface area contributed by atoms with Crippen molar-refractivity contribution in [3.05, 3.63) is 35.4 Å². The highest BCUT2D eigenvalue weighted by molar-refractivity contribution is 5.95. The van der Waals surface area contributed by atoms with Gasteiger partial charge in [-0.1, -0.05) is 5.16 Å². The predicted octanol–water partition coefficient (Wildman–Crippen LogP) is 0.374. The molecule has 17 heavy (non-hydrogen) atoms. The molecule has 2 rings (SSSR count). The molecular weight excluding hydrogens is 220 g/mol. The molecule has 0 bridgehead atoms. The summed E-state index contributed by atoms with van der Waals surface area (Å²) in [6.45, 7) is 3.72. The molecule has 3 N–H and O–H groups in total. The van der Waals surface area contributed by atoms with E-state index in [2.05, 4.69) is 20.2 Å². The average Bonchev–Trinajstić information content (AvgIpc) is 2.74. The zero-order valence-electron chi connectivity index (χ0n) is 9.49. The van der Waals surface area contributed by atoms with E-state index < -0.39 is 0 Å². The first-order valence-corrected chi connectivity index (χ1v) is 4.95. The van der Waals surface area contributed by atoms with Crippen molar-refractivity contribution in [2.45, 2.75) is 13.8 Å². The fraction of sp³-hybridized carbons (Fsp3) is 0.200. The second-order valence-electron chi connectivity index (χ2n) is 3.64. The van der Waals surface area contributed by atoms with Gasteiger partial charge in [0, 0.05) is 11.9 Å². The van der Waals surface area contributed by atoms with Gasteiger partial charge in [-0.05, 0) is 25.5 Å². The van der Waals surface area contributed by atoms with Crippen LogP contribution in [0.2, 0.25) is 0 Å². The summed E-state index contributed by atoms with van der Waals surface area (Å²) in [5.74, 6) is 0.334. The van der Waals surface area contributed by atoms with Gasteiger partial charge in [-0.2, -0.15) is 5.10 Å². The molecule has 0 saturated heterocycles. The topological polar surface area (TPSA) is 102 Å². The lowest BCUT2D eigenvalue weighted by Gasteiger charge is -2.04. The molecule has 0 aliphatic heterocycles. The van der Waals surface area contributed by atoms with Crippen molar-refractivity contribution in [2.75, 3.05) is 0 Å². The number of rotatable bonds is 2. The number of aromatic nitrogens is 4. The summed E-state index contributed by atoms with van der Waals surface area (Å²) < 4.78 is 1.54. The van der Waals surface area contributed by atoms with Crippen LogP contribution in [0.15, 0.2) is 23.6 Å². The van der Waals surface area contributed by atoms with Crippen LogP contribution < -0.4 is 5.73 Å². The first-order valence-electron chi connectivity index (χ1n) is 4.95. The van der Waals surface area contributed by atoms with Gasteiger partial charge >= 0.3 is 0 Å². The van der Waals surface area contributed by atoms with Crippen LogP contribution in [-0.4, -0.2) is 30.8 Å². The summed E-state index contributed by atoms with van der Waals surface area (Å²) in [4.78, 5) is 8.39. The van der Waals surface area contributed by atoms with Gasteiger partial charge in [0.2, 0.25) is 0 Å². The highest BCUT2D eigenvalue weighted by atomic mass is 16.4. The van der Waals surface area contributed by atoms with Gasteiger partial charge in [-0.3, -0.25) is 0 Å². The van der Waals surface area contributed by atoms with Crippen LogP contribution in [-0.2, 0) is 0 Å². The van der Waals surface area contributed by atoms with Crippen LogP contribution in [0.3, 0.4) is 0 Å².